The zero-order valence-corrected chi connectivity index (χ0v) is 20.0. The Balaban J connectivity index is 1.45. The first-order valence-corrected chi connectivity index (χ1v) is 11.8. The Labute approximate surface area is 201 Å². The summed E-state index contributed by atoms with van der Waals surface area (Å²) in [4.78, 5) is 41.0. The third-order valence-corrected chi connectivity index (χ3v) is 6.15. The minimum Gasteiger partial charge on any atom is -0.350 e. The highest BCUT2D eigenvalue weighted by atomic mass is 32.1. The molecular formula is C25H25N5O3S. The van der Waals surface area contributed by atoms with Crippen LogP contribution in [0.2, 0.25) is 0 Å². The molecule has 1 aliphatic heterocycles. The summed E-state index contributed by atoms with van der Waals surface area (Å²) in [5.41, 5.74) is 4.57. The zero-order chi connectivity index (χ0) is 24.2. The van der Waals surface area contributed by atoms with Gasteiger partial charge in [-0.1, -0.05) is 36.4 Å². The number of rotatable bonds is 6. The number of amides is 3. The summed E-state index contributed by atoms with van der Waals surface area (Å²) in [5.74, 6) is -0.592. The third kappa shape index (κ3) is 5.37. The normalized spacial score (nSPS) is 14.4. The van der Waals surface area contributed by atoms with Crippen molar-refractivity contribution in [3.63, 3.8) is 0 Å². The Morgan fingerprint density at radius 2 is 1.88 bits per heavy atom. The molecule has 174 valence electrons. The highest BCUT2D eigenvalue weighted by Gasteiger charge is 2.26. The van der Waals surface area contributed by atoms with Crippen molar-refractivity contribution < 1.29 is 14.4 Å². The first kappa shape index (κ1) is 23.3. The summed E-state index contributed by atoms with van der Waals surface area (Å²) in [6.07, 6.45) is 0.492. The molecule has 34 heavy (non-hydrogen) atoms. The smallest absolute Gasteiger partial charge is 0.273 e. The molecule has 0 fully saturated rings. The fraction of sp³-hybridized carbons (Fsp3) is 0.240. The maximum absolute atomic E-state index is 12.8. The van der Waals surface area contributed by atoms with E-state index in [0.717, 1.165) is 22.4 Å². The standard InChI is InChI=1S/C25H25N5O3S/c1-15-5-4-6-20(13-15)30-23(32)12-11-21(29-30)24(33)28-25-27-22(14-34-25)19-9-7-18(8-10-19)16(2)26-17(3)31/h4-10,13-14,16H,11-12H2,1-3H3,(H,26,31)(H,27,28,33). The number of hydrogen-bond acceptors (Lipinski definition) is 6. The number of hydrazone groups is 1. The lowest BCUT2D eigenvalue weighted by molar-refractivity contribution is -0.120. The zero-order valence-electron chi connectivity index (χ0n) is 19.2. The number of anilines is 2. The van der Waals surface area contributed by atoms with E-state index in [4.69, 9.17) is 0 Å². The number of benzene rings is 2. The molecular weight excluding hydrogens is 450 g/mol. The van der Waals surface area contributed by atoms with Crippen molar-refractivity contribution in [2.24, 2.45) is 5.10 Å². The average Bonchev–Trinajstić information content (AvgIpc) is 3.27. The molecule has 2 aromatic carbocycles. The molecule has 4 rings (SSSR count). The summed E-state index contributed by atoms with van der Waals surface area (Å²) < 4.78 is 0. The van der Waals surface area contributed by atoms with Crippen molar-refractivity contribution in [1.29, 1.82) is 0 Å². The highest BCUT2D eigenvalue weighted by molar-refractivity contribution is 7.14. The number of aromatic nitrogens is 1. The van der Waals surface area contributed by atoms with Crippen molar-refractivity contribution in [2.45, 2.75) is 39.7 Å². The first-order valence-electron chi connectivity index (χ1n) is 10.9. The molecule has 0 radical (unpaired) electrons. The lowest BCUT2D eigenvalue weighted by Crippen LogP contribution is -2.36. The summed E-state index contributed by atoms with van der Waals surface area (Å²) in [6.45, 7) is 5.35. The van der Waals surface area contributed by atoms with Gasteiger partial charge in [-0.15, -0.1) is 11.3 Å². The van der Waals surface area contributed by atoms with Crippen LogP contribution < -0.4 is 15.6 Å². The van der Waals surface area contributed by atoms with Gasteiger partial charge >= 0.3 is 0 Å². The molecule has 0 saturated heterocycles. The monoisotopic (exact) mass is 475 g/mol. The number of nitrogens with zero attached hydrogens (tertiary/aromatic N) is 3. The topological polar surface area (TPSA) is 104 Å². The van der Waals surface area contributed by atoms with Crippen LogP contribution in [0.25, 0.3) is 11.3 Å². The second-order valence-corrected chi connectivity index (χ2v) is 8.99. The minimum atomic E-state index is -0.370. The van der Waals surface area contributed by atoms with E-state index in [1.54, 1.807) is 6.07 Å². The van der Waals surface area contributed by atoms with Crippen LogP contribution in [0.3, 0.4) is 0 Å². The first-order chi connectivity index (χ1) is 16.3. The molecule has 1 atom stereocenters. The fourth-order valence-corrected chi connectivity index (χ4v) is 4.36. The highest BCUT2D eigenvalue weighted by Crippen LogP contribution is 2.27. The lowest BCUT2D eigenvalue weighted by atomic mass is 10.1. The van der Waals surface area contributed by atoms with Crippen molar-refractivity contribution in [1.82, 2.24) is 10.3 Å². The molecule has 1 aliphatic rings. The van der Waals surface area contributed by atoms with Gasteiger partial charge in [-0.2, -0.15) is 5.10 Å². The number of aryl methyl sites for hydroxylation is 1. The quantitative estimate of drug-likeness (QED) is 0.550. The number of nitrogens with one attached hydrogen (secondary N) is 2. The second kappa shape index (κ2) is 9.96. The van der Waals surface area contributed by atoms with Crippen molar-refractivity contribution in [3.05, 3.63) is 65.0 Å². The molecule has 0 aliphatic carbocycles. The Morgan fingerprint density at radius 3 is 2.59 bits per heavy atom. The molecule has 0 spiro atoms. The minimum absolute atomic E-state index is 0.0783. The lowest BCUT2D eigenvalue weighted by Gasteiger charge is -2.23. The molecule has 8 nitrogen and oxygen atoms in total. The van der Waals surface area contributed by atoms with Gasteiger partial charge in [0.1, 0.15) is 5.71 Å². The van der Waals surface area contributed by atoms with E-state index in [-0.39, 0.29) is 42.3 Å². The van der Waals surface area contributed by atoms with Gasteiger partial charge in [0.05, 0.1) is 17.4 Å². The Hall–Kier alpha value is -3.85. The van der Waals surface area contributed by atoms with Gasteiger partial charge in [-0.25, -0.2) is 9.99 Å². The Morgan fingerprint density at radius 1 is 1.12 bits per heavy atom. The maximum atomic E-state index is 12.8. The van der Waals surface area contributed by atoms with Gasteiger partial charge in [-0.05, 0) is 37.1 Å². The molecule has 2 N–H and O–H groups in total. The van der Waals surface area contributed by atoms with E-state index in [9.17, 15) is 14.4 Å². The van der Waals surface area contributed by atoms with Gasteiger partial charge in [0.2, 0.25) is 11.8 Å². The van der Waals surface area contributed by atoms with Gasteiger partial charge in [-0.3, -0.25) is 19.7 Å². The number of carbonyl (C=O) groups excluding carboxylic acids is 3. The Bertz CT molecular complexity index is 1270. The van der Waals surface area contributed by atoms with Gasteiger partial charge < -0.3 is 5.32 Å². The number of carbonyl (C=O) groups is 3. The van der Waals surface area contributed by atoms with Crippen LogP contribution >= 0.6 is 11.3 Å². The molecule has 3 amide bonds. The summed E-state index contributed by atoms with van der Waals surface area (Å²) in [5, 5.41) is 13.6. The summed E-state index contributed by atoms with van der Waals surface area (Å²) in [6, 6.07) is 15.1. The van der Waals surface area contributed by atoms with Gasteiger partial charge in [0.25, 0.3) is 5.91 Å². The molecule has 3 aromatic rings. The molecule has 1 unspecified atom stereocenters. The van der Waals surface area contributed by atoms with Gasteiger partial charge in [0.15, 0.2) is 5.13 Å². The molecule has 0 saturated carbocycles. The third-order valence-electron chi connectivity index (χ3n) is 5.39. The summed E-state index contributed by atoms with van der Waals surface area (Å²) >= 11 is 1.32. The predicted octanol–water partition coefficient (Wildman–Crippen LogP) is 4.44. The average molecular weight is 476 g/mol. The van der Waals surface area contributed by atoms with E-state index < -0.39 is 0 Å². The van der Waals surface area contributed by atoms with E-state index in [1.165, 1.54) is 23.3 Å². The maximum Gasteiger partial charge on any atom is 0.273 e. The van der Waals surface area contributed by atoms with Crippen molar-refractivity contribution in [3.8, 4) is 11.3 Å². The van der Waals surface area contributed by atoms with Gasteiger partial charge in [0, 0.05) is 30.7 Å². The van der Waals surface area contributed by atoms with Crippen LogP contribution in [0.4, 0.5) is 10.8 Å². The van der Waals surface area contributed by atoms with E-state index in [1.807, 2.05) is 61.7 Å². The van der Waals surface area contributed by atoms with E-state index in [0.29, 0.717) is 10.8 Å². The van der Waals surface area contributed by atoms with E-state index in [2.05, 4.69) is 20.7 Å². The largest absolute Gasteiger partial charge is 0.350 e. The van der Waals surface area contributed by atoms with Crippen LogP contribution in [-0.2, 0) is 14.4 Å². The van der Waals surface area contributed by atoms with Crippen molar-refractivity contribution in [2.75, 3.05) is 10.3 Å². The molecule has 2 heterocycles. The second-order valence-electron chi connectivity index (χ2n) is 8.13. The van der Waals surface area contributed by atoms with Crippen LogP contribution in [0.15, 0.2) is 59.0 Å². The SMILES string of the molecule is CC(=O)NC(C)c1ccc(-c2csc(NC(=O)C3=NN(c4cccc(C)c4)C(=O)CC3)n2)cc1. The van der Waals surface area contributed by atoms with Crippen LogP contribution in [0.5, 0.6) is 0 Å². The van der Waals surface area contributed by atoms with Crippen LogP contribution in [0.1, 0.15) is 43.9 Å². The number of thiazole rings is 1. The molecule has 9 heteroatoms. The Kier molecular flexibility index (Phi) is 6.83. The molecule has 0 bridgehead atoms. The summed E-state index contributed by atoms with van der Waals surface area (Å²) in [7, 11) is 0. The van der Waals surface area contributed by atoms with Crippen LogP contribution in [0, 0.1) is 6.92 Å². The molecule has 1 aromatic heterocycles. The van der Waals surface area contributed by atoms with Crippen molar-refractivity contribution >= 4 is 45.6 Å². The van der Waals surface area contributed by atoms with E-state index >= 15 is 0 Å². The predicted molar refractivity (Wildman–Crippen MR) is 134 cm³/mol. The van der Waals surface area contributed by atoms with Crippen LogP contribution in [-0.4, -0.2) is 28.4 Å². The number of hydrogen-bond donors (Lipinski definition) is 2. The fourth-order valence-electron chi connectivity index (χ4n) is 3.64.